The third kappa shape index (κ3) is 2.49. The normalized spacial score (nSPS) is 34.5. The predicted molar refractivity (Wildman–Crippen MR) is 86.3 cm³/mol. The van der Waals surface area contributed by atoms with E-state index in [2.05, 4.69) is 15.8 Å². The summed E-state index contributed by atoms with van der Waals surface area (Å²) in [5.74, 6) is 2.01. The molecular weight excluding hydrogens is 323 g/mol. The summed E-state index contributed by atoms with van der Waals surface area (Å²) in [5, 5.41) is 2.61. The number of anilines is 1. The lowest BCUT2D eigenvalue weighted by Crippen LogP contribution is -2.50. The average molecular weight is 343 g/mol. The highest BCUT2D eigenvalue weighted by atomic mass is 35.5. The maximum absolute atomic E-state index is 6.23. The number of halogens is 2. The molecule has 1 aliphatic heterocycles. The molecule has 7 heteroatoms. The SMILES string of the molecule is Cc1nc(NN2NC[C@]3(CC4CCC3CC4)O2)c(Cl)cc1Cl. The molecule has 1 saturated heterocycles. The smallest absolute Gasteiger partial charge is 0.162 e. The number of nitrogens with one attached hydrogen (secondary N) is 2. The van der Waals surface area contributed by atoms with Crippen LogP contribution in [0.15, 0.2) is 6.07 Å². The number of fused-ring (bicyclic) bond motifs is 2. The molecule has 1 spiro atoms. The van der Waals surface area contributed by atoms with Gasteiger partial charge in [0.1, 0.15) is 5.60 Å². The van der Waals surface area contributed by atoms with Gasteiger partial charge in [-0.15, -0.1) is 0 Å². The zero-order valence-corrected chi connectivity index (χ0v) is 14.0. The van der Waals surface area contributed by atoms with Gasteiger partial charge in [0.25, 0.3) is 0 Å². The fraction of sp³-hybridized carbons (Fsp3) is 0.667. The van der Waals surface area contributed by atoms with E-state index in [9.17, 15) is 0 Å². The van der Waals surface area contributed by atoms with Gasteiger partial charge in [0.05, 0.1) is 15.7 Å². The molecule has 22 heavy (non-hydrogen) atoms. The van der Waals surface area contributed by atoms with Crippen molar-refractivity contribution in [3.63, 3.8) is 0 Å². The first-order chi connectivity index (χ1) is 10.6. The minimum Gasteiger partial charge on any atom is -0.264 e. The monoisotopic (exact) mass is 342 g/mol. The summed E-state index contributed by atoms with van der Waals surface area (Å²) in [7, 11) is 0. The van der Waals surface area contributed by atoms with Crippen molar-refractivity contribution in [1.29, 1.82) is 0 Å². The van der Waals surface area contributed by atoms with Gasteiger partial charge in [0, 0.05) is 6.54 Å². The minimum atomic E-state index is -0.0673. The quantitative estimate of drug-likeness (QED) is 0.857. The molecule has 5 rings (SSSR count). The van der Waals surface area contributed by atoms with Crippen LogP contribution in [0.1, 0.15) is 37.8 Å². The van der Waals surface area contributed by atoms with Gasteiger partial charge in [-0.1, -0.05) is 23.2 Å². The number of rotatable bonds is 2. The van der Waals surface area contributed by atoms with Crippen molar-refractivity contribution in [3.8, 4) is 0 Å². The lowest BCUT2D eigenvalue weighted by atomic mass is 9.62. The van der Waals surface area contributed by atoms with Crippen molar-refractivity contribution in [1.82, 2.24) is 15.7 Å². The fourth-order valence-corrected chi connectivity index (χ4v) is 4.52. The van der Waals surface area contributed by atoms with Gasteiger partial charge in [-0.05, 0) is 62.2 Å². The predicted octanol–water partition coefficient (Wildman–Crippen LogP) is 3.72. The van der Waals surface area contributed by atoms with Gasteiger partial charge in [0.15, 0.2) is 5.82 Å². The number of pyridine rings is 1. The van der Waals surface area contributed by atoms with Gasteiger partial charge >= 0.3 is 0 Å². The van der Waals surface area contributed by atoms with E-state index >= 15 is 0 Å². The molecule has 2 N–H and O–H groups in total. The molecule has 0 amide bonds. The highest BCUT2D eigenvalue weighted by Gasteiger charge is 2.52. The summed E-state index contributed by atoms with van der Waals surface area (Å²) in [4.78, 5) is 10.6. The average Bonchev–Trinajstić information content (AvgIpc) is 2.88. The standard InChI is InChI=1S/C15H20Cl2N4O/c1-9-12(16)6-13(17)14(19-9)20-21-18-8-15(22-21)7-10-2-4-11(15)5-3-10/h6,10-11,18H,2-5,7-8H2,1H3,(H,19,20)/t10?,11?,15-/m0/s1. The second-order valence-corrected chi connectivity index (χ2v) is 7.52. The third-order valence-corrected chi connectivity index (χ3v) is 6.00. The van der Waals surface area contributed by atoms with Gasteiger partial charge in [-0.25, -0.2) is 10.4 Å². The van der Waals surface area contributed by atoms with Crippen molar-refractivity contribution in [2.75, 3.05) is 12.0 Å². The van der Waals surface area contributed by atoms with E-state index in [0.717, 1.165) is 24.6 Å². The van der Waals surface area contributed by atoms with Crippen LogP contribution in [0.3, 0.4) is 0 Å². The van der Waals surface area contributed by atoms with Crippen molar-refractivity contribution in [2.45, 2.75) is 44.6 Å². The molecule has 3 aliphatic carbocycles. The largest absolute Gasteiger partial charge is 0.264 e. The molecule has 4 aliphatic rings. The molecule has 0 unspecified atom stereocenters. The van der Waals surface area contributed by atoms with E-state index in [0.29, 0.717) is 21.8 Å². The van der Waals surface area contributed by atoms with E-state index < -0.39 is 0 Å². The lowest BCUT2D eigenvalue weighted by Gasteiger charge is -2.47. The molecule has 1 aromatic heterocycles. The highest BCUT2D eigenvalue weighted by molar-refractivity contribution is 6.36. The van der Waals surface area contributed by atoms with Gasteiger partial charge in [0.2, 0.25) is 0 Å². The Morgan fingerprint density at radius 2 is 2.09 bits per heavy atom. The zero-order valence-electron chi connectivity index (χ0n) is 12.5. The van der Waals surface area contributed by atoms with Crippen molar-refractivity contribution in [3.05, 3.63) is 21.8 Å². The number of nitrogens with zero attached hydrogens (tertiary/aromatic N) is 2. The Labute approximate surface area is 140 Å². The molecular formula is C15H20Cl2N4O. The molecule has 0 radical (unpaired) electrons. The van der Waals surface area contributed by atoms with E-state index in [4.69, 9.17) is 28.0 Å². The Hall–Kier alpha value is -0.590. The lowest BCUT2D eigenvalue weighted by molar-refractivity contribution is -0.235. The molecule has 1 aromatic rings. The van der Waals surface area contributed by atoms with E-state index in [1.54, 1.807) is 11.3 Å². The van der Waals surface area contributed by atoms with Gasteiger partial charge in [-0.2, -0.15) is 0 Å². The van der Waals surface area contributed by atoms with Crippen LogP contribution >= 0.6 is 23.2 Å². The Kier molecular flexibility index (Phi) is 3.74. The molecule has 1 atom stereocenters. The first-order valence-corrected chi connectivity index (χ1v) is 8.63. The van der Waals surface area contributed by atoms with E-state index in [1.807, 2.05) is 6.92 Å². The van der Waals surface area contributed by atoms with E-state index in [1.165, 1.54) is 25.7 Å². The fourth-order valence-electron chi connectivity index (χ4n) is 4.12. The first kappa shape index (κ1) is 15.0. The first-order valence-electron chi connectivity index (χ1n) is 7.88. The van der Waals surface area contributed by atoms with Gasteiger partial charge < -0.3 is 0 Å². The topological polar surface area (TPSA) is 49.4 Å². The Balaban J connectivity index is 1.49. The van der Waals surface area contributed by atoms with Crippen LogP contribution in [-0.2, 0) is 4.84 Å². The Morgan fingerprint density at radius 3 is 2.77 bits per heavy atom. The number of aromatic nitrogens is 1. The summed E-state index contributed by atoms with van der Waals surface area (Å²) >= 11 is 12.2. The molecule has 4 fully saturated rings. The van der Waals surface area contributed by atoms with Crippen molar-refractivity contribution >= 4 is 29.0 Å². The number of hydrogen-bond donors (Lipinski definition) is 2. The molecule has 5 nitrogen and oxygen atoms in total. The number of hydrazine groups is 2. The molecule has 3 saturated carbocycles. The van der Waals surface area contributed by atoms with Gasteiger partial charge in [-0.3, -0.25) is 10.3 Å². The van der Waals surface area contributed by atoms with Crippen LogP contribution in [0, 0.1) is 18.8 Å². The summed E-state index contributed by atoms with van der Waals surface area (Å²) < 4.78 is 0. The zero-order chi connectivity index (χ0) is 15.3. The van der Waals surface area contributed by atoms with Crippen LogP contribution in [0.2, 0.25) is 10.0 Å². The molecule has 0 aromatic carbocycles. The molecule has 2 heterocycles. The Bertz CT molecular complexity index is 591. The second-order valence-electron chi connectivity index (χ2n) is 6.70. The third-order valence-electron chi connectivity index (χ3n) is 5.33. The summed E-state index contributed by atoms with van der Waals surface area (Å²) in [5.41, 5.74) is 7.05. The molecule has 120 valence electrons. The van der Waals surface area contributed by atoms with Crippen LogP contribution in [0.5, 0.6) is 0 Å². The highest BCUT2D eigenvalue weighted by Crippen LogP contribution is 2.50. The van der Waals surface area contributed by atoms with Crippen LogP contribution < -0.4 is 10.9 Å². The molecule has 2 bridgehead atoms. The number of aryl methyl sites for hydroxylation is 1. The van der Waals surface area contributed by atoms with Crippen LogP contribution in [0.4, 0.5) is 5.82 Å². The summed E-state index contributed by atoms with van der Waals surface area (Å²) in [6, 6.07) is 1.70. The second kappa shape index (κ2) is 5.49. The van der Waals surface area contributed by atoms with Crippen molar-refractivity contribution in [2.24, 2.45) is 11.8 Å². The Morgan fingerprint density at radius 1 is 1.32 bits per heavy atom. The van der Waals surface area contributed by atoms with Crippen molar-refractivity contribution < 1.29 is 4.84 Å². The maximum atomic E-state index is 6.23. The maximum Gasteiger partial charge on any atom is 0.162 e. The van der Waals surface area contributed by atoms with Crippen LogP contribution in [-0.4, -0.2) is 22.4 Å². The summed E-state index contributed by atoms with van der Waals surface area (Å²) in [6.07, 6.45) is 6.40. The van der Waals surface area contributed by atoms with Crippen LogP contribution in [0.25, 0.3) is 0 Å². The number of hydrogen-bond acceptors (Lipinski definition) is 5. The van der Waals surface area contributed by atoms with E-state index in [-0.39, 0.29) is 5.60 Å². The minimum absolute atomic E-state index is 0.0673. The summed E-state index contributed by atoms with van der Waals surface area (Å²) in [6.45, 7) is 2.69.